The van der Waals surface area contributed by atoms with Crippen LogP contribution in [0, 0.1) is 11.8 Å². The van der Waals surface area contributed by atoms with Crippen LogP contribution in [0.15, 0.2) is 24.3 Å². The third-order valence-electron chi connectivity index (χ3n) is 5.10. The molecule has 6 nitrogen and oxygen atoms in total. The Balaban J connectivity index is 2.13. The number of hydrogen-bond donors (Lipinski definition) is 1. The second kappa shape index (κ2) is 9.90. The first kappa shape index (κ1) is 22.9. The lowest BCUT2D eigenvalue weighted by molar-refractivity contribution is -0.166. The molecule has 0 radical (unpaired) electrons. The molecule has 2 atom stereocenters. The van der Waals surface area contributed by atoms with E-state index < -0.39 is 29.2 Å². The minimum Gasteiger partial charge on any atom is -0.465 e. The van der Waals surface area contributed by atoms with Gasteiger partial charge >= 0.3 is 11.9 Å². The summed E-state index contributed by atoms with van der Waals surface area (Å²) in [5, 5.41) is 3.48. The Kier molecular flexibility index (Phi) is 7.82. The maximum absolute atomic E-state index is 12.9. The molecular formula is C23H33NO5. The van der Waals surface area contributed by atoms with E-state index in [4.69, 9.17) is 9.47 Å². The van der Waals surface area contributed by atoms with Gasteiger partial charge in [0.2, 0.25) is 5.92 Å². The van der Waals surface area contributed by atoms with Gasteiger partial charge in [0.1, 0.15) is 5.60 Å². The van der Waals surface area contributed by atoms with E-state index in [1.807, 2.05) is 0 Å². The summed E-state index contributed by atoms with van der Waals surface area (Å²) in [7, 11) is 0. The van der Waals surface area contributed by atoms with Gasteiger partial charge in [-0.25, -0.2) is 0 Å². The lowest BCUT2D eigenvalue weighted by atomic mass is 9.96. The van der Waals surface area contributed by atoms with Crippen LogP contribution in [0.25, 0.3) is 0 Å². The molecule has 0 heterocycles. The fraction of sp³-hybridized carbons (Fsp3) is 0.609. The predicted octanol–water partition coefficient (Wildman–Crippen LogP) is 4.38. The fourth-order valence-corrected chi connectivity index (χ4v) is 3.63. The summed E-state index contributed by atoms with van der Waals surface area (Å²) >= 11 is 0. The van der Waals surface area contributed by atoms with Crippen LogP contribution in [0.5, 0.6) is 0 Å². The molecule has 0 saturated heterocycles. The third kappa shape index (κ3) is 6.58. The minimum absolute atomic E-state index is 0.0767. The van der Waals surface area contributed by atoms with Crippen LogP contribution in [0.3, 0.4) is 0 Å². The zero-order valence-electron chi connectivity index (χ0n) is 18.1. The lowest BCUT2D eigenvalue weighted by Gasteiger charge is -2.23. The zero-order chi connectivity index (χ0) is 21.6. The molecule has 1 aromatic carbocycles. The second-order valence-corrected chi connectivity index (χ2v) is 8.64. The Morgan fingerprint density at radius 3 is 2.17 bits per heavy atom. The molecular weight excluding hydrogens is 370 g/mol. The number of carbonyl (C=O) groups is 3. The van der Waals surface area contributed by atoms with Crippen LogP contribution in [-0.2, 0) is 19.1 Å². The Bertz CT molecular complexity index is 714. The highest BCUT2D eigenvalue weighted by Gasteiger charge is 2.39. The molecule has 0 aromatic heterocycles. The molecule has 2 unspecified atom stereocenters. The molecule has 0 aliphatic heterocycles. The van der Waals surface area contributed by atoms with Crippen molar-refractivity contribution in [2.45, 2.75) is 71.9 Å². The highest BCUT2D eigenvalue weighted by Crippen LogP contribution is 2.29. The Morgan fingerprint density at radius 1 is 1.07 bits per heavy atom. The van der Waals surface area contributed by atoms with Gasteiger partial charge < -0.3 is 14.8 Å². The van der Waals surface area contributed by atoms with Gasteiger partial charge in [0, 0.05) is 17.3 Å². The first-order valence-corrected chi connectivity index (χ1v) is 10.4. The molecule has 1 aliphatic carbocycles. The summed E-state index contributed by atoms with van der Waals surface area (Å²) in [6.45, 7) is 8.93. The molecule has 160 valence electrons. The molecule has 0 spiro atoms. The topological polar surface area (TPSA) is 81.7 Å². The average molecular weight is 404 g/mol. The molecule has 6 heteroatoms. The normalized spacial score (nSPS) is 16.7. The largest absolute Gasteiger partial charge is 0.465 e. The lowest BCUT2D eigenvalue weighted by Crippen LogP contribution is -2.38. The molecule has 1 saturated carbocycles. The van der Waals surface area contributed by atoms with Crippen LogP contribution in [0.1, 0.15) is 70.7 Å². The maximum atomic E-state index is 12.9. The Hall–Kier alpha value is -2.37. The van der Waals surface area contributed by atoms with Gasteiger partial charge in [-0.1, -0.05) is 12.8 Å². The van der Waals surface area contributed by atoms with Crippen LogP contribution in [0.2, 0.25) is 0 Å². The second-order valence-electron chi connectivity index (χ2n) is 8.64. The minimum atomic E-state index is -1.62. The van der Waals surface area contributed by atoms with Gasteiger partial charge in [0.25, 0.3) is 0 Å². The number of anilines is 1. The smallest absolute Gasteiger partial charge is 0.328 e. The van der Waals surface area contributed by atoms with Gasteiger partial charge in [-0.05, 0) is 77.6 Å². The summed E-state index contributed by atoms with van der Waals surface area (Å²) in [5.74, 6) is -3.35. The van der Waals surface area contributed by atoms with Gasteiger partial charge in [-0.15, -0.1) is 0 Å². The Morgan fingerprint density at radius 2 is 1.66 bits per heavy atom. The number of ketones is 1. The maximum Gasteiger partial charge on any atom is 0.328 e. The number of Topliss-reactive ketones (excluding diaryl/α,β-unsaturated/α-hetero) is 1. The number of hydrogen-bond acceptors (Lipinski definition) is 6. The number of ether oxygens (including phenoxy) is 2. The first-order chi connectivity index (χ1) is 13.6. The van der Waals surface area contributed by atoms with Gasteiger partial charge in [-0.3, -0.25) is 14.4 Å². The molecule has 0 amide bonds. The summed E-state index contributed by atoms with van der Waals surface area (Å²) in [6.07, 6.45) is 5.04. The van der Waals surface area contributed by atoms with Crippen molar-refractivity contribution in [2.75, 3.05) is 11.9 Å². The summed E-state index contributed by atoms with van der Waals surface area (Å²) in [5.41, 5.74) is 0.366. The van der Waals surface area contributed by atoms with E-state index >= 15 is 0 Å². The summed E-state index contributed by atoms with van der Waals surface area (Å²) < 4.78 is 10.2. The van der Waals surface area contributed by atoms with Crippen LogP contribution >= 0.6 is 0 Å². The molecule has 1 fully saturated rings. The molecule has 1 aromatic rings. The quantitative estimate of drug-likeness (QED) is 0.394. The molecule has 2 rings (SSSR count). The number of carbonyl (C=O) groups excluding carboxylic acids is 3. The number of benzene rings is 1. The van der Waals surface area contributed by atoms with E-state index in [-0.39, 0.29) is 12.2 Å². The standard InChI is InChI=1S/C23H33NO5/c1-6-28-21(26)19(22(27)29-23(3,4)5)20(25)17-11-13-18(14-12-17)24-15(2)16-9-7-8-10-16/h11-16,19,24H,6-10H2,1-5H3. The van der Waals surface area contributed by atoms with Crippen molar-refractivity contribution in [1.82, 2.24) is 0 Å². The van der Waals surface area contributed by atoms with E-state index in [2.05, 4.69) is 12.2 Å². The molecule has 0 bridgehead atoms. The van der Waals surface area contributed by atoms with Crippen molar-refractivity contribution in [3.05, 3.63) is 29.8 Å². The van der Waals surface area contributed by atoms with Crippen molar-refractivity contribution < 1.29 is 23.9 Å². The van der Waals surface area contributed by atoms with Gasteiger partial charge in [0.15, 0.2) is 5.78 Å². The van der Waals surface area contributed by atoms with Crippen LogP contribution < -0.4 is 5.32 Å². The van der Waals surface area contributed by atoms with Crippen molar-refractivity contribution in [1.29, 1.82) is 0 Å². The van der Waals surface area contributed by atoms with Gasteiger partial charge in [0.05, 0.1) is 6.61 Å². The monoisotopic (exact) mass is 403 g/mol. The highest BCUT2D eigenvalue weighted by atomic mass is 16.6. The van der Waals surface area contributed by atoms with Crippen molar-refractivity contribution in [2.24, 2.45) is 11.8 Å². The van der Waals surface area contributed by atoms with Crippen molar-refractivity contribution >= 4 is 23.4 Å². The zero-order valence-corrected chi connectivity index (χ0v) is 18.1. The number of rotatable bonds is 8. The predicted molar refractivity (Wildman–Crippen MR) is 112 cm³/mol. The number of esters is 2. The first-order valence-electron chi connectivity index (χ1n) is 10.4. The van der Waals surface area contributed by atoms with Crippen LogP contribution in [-0.4, -0.2) is 36.0 Å². The Labute approximate surface area is 173 Å². The highest BCUT2D eigenvalue weighted by molar-refractivity contribution is 6.20. The third-order valence-corrected chi connectivity index (χ3v) is 5.10. The van der Waals surface area contributed by atoms with Crippen molar-refractivity contribution in [3.8, 4) is 0 Å². The van der Waals surface area contributed by atoms with E-state index in [0.29, 0.717) is 12.0 Å². The van der Waals surface area contributed by atoms with Crippen LogP contribution in [0.4, 0.5) is 5.69 Å². The fourth-order valence-electron chi connectivity index (χ4n) is 3.63. The summed E-state index contributed by atoms with van der Waals surface area (Å²) in [4.78, 5) is 37.7. The summed E-state index contributed by atoms with van der Waals surface area (Å²) in [6, 6.07) is 7.21. The van der Waals surface area contributed by atoms with E-state index in [0.717, 1.165) is 5.69 Å². The van der Waals surface area contributed by atoms with Gasteiger partial charge in [-0.2, -0.15) is 0 Å². The van der Waals surface area contributed by atoms with E-state index in [1.54, 1.807) is 52.0 Å². The number of nitrogens with one attached hydrogen (secondary N) is 1. The SMILES string of the molecule is CCOC(=O)C(C(=O)OC(C)(C)C)C(=O)c1ccc(NC(C)C2CCCC2)cc1. The van der Waals surface area contributed by atoms with E-state index in [1.165, 1.54) is 25.7 Å². The van der Waals surface area contributed by atoms with E-state index in [9.17, 15) is 14.4 Å². The molecule has 29 heavy (non-hydrogen) atoms. The molecule has 1 N–H and O–H groups in total. The van der Waals surface area contributed by atoms with Crippen molar-refractivity contribution in [3.63, 3.8) is 0 Å². The average Bonchev–Trinajstić information content (AvgIpc) is 3.16. The molecule has 1 aliphatic rings.